The topological polar surface area (TPSA) is 93.2 Å². The maximum atomic E-state index is 12.7. The standard InChI is InChI=1S/C29H28N6O3/c36-28-16-25(32-27-8-4-5-13-35(27)28)29(37)30-17-22-20-34-19-21(9-10-26(34)31-22)18-33-14-11-24(12-15-33)38-23-6-2-1-3-7-23/h1-10,13,16,19-20,24H,11-12,14-15,17-18H2,(H,30,37). The number of para-hydroxylation sites is 1. The van der Waals surface area contributed by atoms with E-state index in [9.17, 15) is 9.59 Å². The zero-order valence-corrected chi connectivity index (χ0v) is 20.9. The molecule has 1 aliphatic rings. The van der Waals surface area contributed by atoms with Gasteiger partial charge in [-0.05, 0) is 48.7 Å². The van der Waals surface area contributed by atoms with Crippen molar-refractivity contribution in [3.8, 4) is 5.75 Å². The number of ether oxygens (including phenoxy) is 1. The smallest absolute Gasteiger partial charge is 0.270 e. The molecule has 1 aliphatic heterocycles. The second-order valence-corrected chi connectivity index (χ2v) is 9.53. The highest BCUT2D eigenvalue weighted by Gasteiger charge is 2.21. The van der Waals surface area contributed by atoms with Crippen molar-refractivity contribution in [1.82, 2.24) is 29.0 Å². The average Bonchev–Trinajstić information content (AvgIpc) is 3.36. The molecule has 1 aromatic carbocycles. The maximum Gasteiger partial charge on any atom is 0.270 e. The zero-order chi connectivity index (χ0) is 25.9. The Morgan fingerprint density at radius 3 is 2.61 bits per heavy atom. The van der Waals surface area contributed by atoms with Crippen molar-refractivity contribution >= 4 is 17.2 Å². The number of likely N-dealkylation sites (tertiary alicyclic amines) is 1. The van der Waals surface area contributed by atoms with Gasteiger partial charge in [0.05, 0.1) is 12.2 Å². The summed E-state index contributed by atoms with van der Waals surface area (Å²) in [6.45, 7) is 3.08. The lowest BCUT2D eigenvalue weighted by molar-refractivity contribution is 0.0945. The fraction of sp³-hybridized carbons (Fsp3) is 0.241. The SMILES string of the molecule is O=C(NCc1cn2cc(CN3CCC(Oc4ccccc4)CC3)ccc2n1)c1cc(=O)n2ccccc2n1. The number of hydrogen-bond donors (Lipinski definition) is 1. The summed E-state index contributed by atoms with van der Waals surface area (Å²) in [4.78, 5) is 36.3. The van der Waals surface area contributed by atoms with Gasteiger partial charge in [-0.2, -0.15) is 0 Å². The number of nitrogens with zero attached hydrogens (tertiary/aromatic N) is 5. The fourth-order valence-corrected chi connectivity index (χ4v) is 4.84. The van der Waals surface area contributed by atoms with Crippen molar-refractivity contribution in [2.24, 2.45) is 0 Å². The van der Waals surface area contributed by atoms with Gasteiger partial charge >= 0.3 is 0 Å². The third-order valence-corrected chi connectivity index (χ3v) is 6.78. The summed E-state index contributed by atoms with van der Waals surface area (Å²) in [6.07, 6.45) is 7.90. The monoisotopic (exact) mass is 508 g/mol. The number of pyridine rings is 2. The minimum Gasteiger partial charge on any atom is -0.490 e. The van der Waals surface area contributed by atoms with Gasteiger partial charge in [-0.1, -0.05) is 30.3 Å². The van der Waals surface area contributed by atoms with Crippen molar-refractivity contribution < 1.29 is 9.53 Å². The summed E-state index contributed by atoms with van der Waals surface area (Å²) in [5, 5.41) is 2.82. The molecule has 192 valence electrons. The van der Waals surface area contributed by atoms with E-state index in [2.05, 4.69) is 32.4 Å². The van der Waals surface area contributed by atoms with Crippen LogP contribution in [0.25, 0.3) is 11.3 Å². The average molecular weight is 509 g/mol. The van der Waals surface area contributed by atoms with Crippen molar-refractivity contribution in [3.05, 3.63) is 113 Å². The van der Waals surface area contributed by atoms with Crippen molar-refractivity contribution in [1.29, 1.82) is 0 Å². The van der Waals surface area contributed by atoms with Gasteiger partial charge in [0.25, 0.3) is 11.5 Å². The Labute approximate surface area is 219 Å². The molecule has 0 saturated carbocycles. The van der Waals surface area contributed by atoms with Gasteiger partial charge in [0.15, 0.2) is 0 Å². The van der Waals surface area contributed by atoms with E-state index < -0.39 is 5.91 Å². The highest BCUT2D eigenvalue weighted by Crippen LogP contribution is 2.20. The summed E-state index contributed by atoms with van der Waals surface area (Å²) >= 11 is 0. The predicted octanol–water partition coefficient (Wildman–Crippen LogP) is 3.32. The van der Waals surface area contributed by atoms with Crippen LogP contribution in [0, 0.1) is 0 Å². The molecular weight excluding hydrogens is 480 g/mol. The van der Waals surface area contributed by atoms with Crippen molar-refractivity contribution in [3.63, 3.8) is 0 Å². The van der Waals surface area contributed by atoms with Crippen LogP contribution in [0.1, 0.15) is 34.6 Å². The molecule has 1 fully saturated rings. The quantitative estimate of drug-likeness (QED) is 0.363. The van der Waals surface area contributed by atoms with Crippen LogP contribution < -0.4 is 15.6 Å². The van der Waals surface area contributed by atoms with Crippen LogP contribution >= 0.6 is 0 Å². The number of benzene rings is 1. The Hall–Kier alpha value is -4.50. The van der Waals surface area contributed by atoms with Gasteiger partial charge in [0.2, 0.25) is 0 Å². The summed E-state index contributed by atoms with van der Waals surface area (Å²) in [5.41, 5.74) is 2.97. The molecule has 1 amide bonds. The lowest BCUT2D eigenvalue weighted by Gasteiger charge is -2.32. The molecule has 0 unspecified atom stereocenters. The number of fused-ring (bicyclic) bond motifs is 2. The molecule has 5 aromatic rings. The van der Waals surface area contributed by atoms with Crippen molar-refractivity contribution in [2.45, 2.75) is 32.0 Å². The minimum atomic E-state index is -0.411. The maximum absolute atomic E-state index is 12.7. The van der Waals surface area contributed by atoms with Crippen molar-refractivity contribution in [2.75, 3.05) is 13.1 Å². The summed E-state index contributed by atoms with van der Waals surface area (Å²) in [5.74, 6) is 0.525. The number of piperidine rings is 1. The third kappa shape index (κ3) is 5.28. The number of carbonyl (C=O) groups is 1. The first-order valence-electron chi connectivity index (χ1n) is 12.8. The Bertz CT molecular complexity index is 1640. The van der Waals surface area contributed by atoms with Crippen LogP contribution in [0.3, 0.4) is 0 Å². The van der Waals surface area contributed by atoms with E-state index in [0.717, 1.165) is 49.6 Å². The number of rotatable bonds is 7. The van der Waals surface area contributed by atoms with Gasteiger partial charge in [-0.25, -0.2) is 9.97 Å². The van der Waals surface area contributed by atoms with Gasteiger partial charge in [0.1, 0.15) is 28.8 Å². The molecule has 0 aliphatic carbocycles. The van der Waals surface area contributed by atoms with Gasteiger partial charge < -0.3 is 14.5 Å². The molecule has 38 heavy (non-hydrogen) atoms. The Morgan fingerprint density at radius 2 is 1.76 bits per heavy atom. The van der Waals surface area contributed by atoms with Crippen LogP contribution in [0.15, 0.2) is 90.1 Å². The largest absolute Gasteiger partial charge is 0.490 e. The molecule has 1 saturated heterocycles. The predicted molar refractivity (Wildman–Crippen MR) is 143 cm³/mol. The normalized spacial score (nSPS) is 14.6. The second-order valence-electron chi connectivity index (χ2n) is 9.53. The van der Waals surface area contributed by atoms with E-state index in [1.165, 1.54) is 16.0 Å². The molecule has 6 rings (SSSR count). The first-order chi connectivity index (χ1) is 18.6. The van der Waals surface area contributed by atoms with E-state index in [1.54, 1.807) is 24.4 Å². The fourth-order valence-electron chi connectivity index (χ4n) is 4.84. The van der Waals surface area contributed by atoms with E-state index in [0.29, 0.717) is 5.65 Å². The van der Waals surface area contributed by atoms with Gasteiger partial charge in [0, 0.05) is 44.3 Å². The molecule has 0 spiro atoms. The number of aromatic nitrogens is 4. The summed E-state index contributed by atoms with van der Waals surface area (Å²) in [6, 6.07) is 20.6. The minimum absolute atomic E-state index is 0.0881. The molecule has 0 radical (unpaired) electrons. The van der Waals surface area contributed by atoms with Crippen LogP contribution in [-0.4, -0.2) is 48.8 Å². The number of carbonyl (C=O) groups excluding carboxylic acids is 1. The van der Waals surface area contributed by atoms with Crippen LogP contribution in [0.2, 0.25) is 0 Å². The lowest BCUT2D eigenvalue weighted by atomic mass is 10.1. The third-order valence-electron chi connectivity index (χ3n) is 6.78. The molecule has 5 heterocycles. The first-order valence-corrected chi connectivity index (χ1v) is 12.8. The number of imidazole rings is 1. The molecule has 0 bridgehead atoms. The molecule has 4 aromatic heterocycles. The summed E-state index contributed by atoms with van der Waals surface area (Å²) < 4.78 is 9.51. The number of hydrogen-bond acceptors (Lipinski definition) is 6. The Morgan fingerprint density at radius 1 is 0.947 bits per heavy atom. The van der Waals surface area contributed by atoms with E-state index in [1.807, 2.05) is 47.0 Å². The first kappa shape index (κ1) is 23.9. The number of amides is 1. The zero-order valence-electron chi connectivity index (χ0n) is 20.9. The molecule has 1 N–H and O–H groups in total. The highest BCUT2D eigenvalue weighted by atomic mass is 16.5. The van der Waals surface area contributed by atoms with Gasteiger partial charge in [-0.3, -0.25) is 18.9 Å². The molecular formula is C29H28N6O3. The van der Waals surface area contributed by atoms with E-state index in [-0.39, 0.29) is 23.9 Å². The van der Waals surface area contributed by atoms with Crippen LogP contribution in [-0.2, 0) is 13.1 Å². The second kappa shape index (κ2) is 10.5. The lowest BCUT2D eigenvalue weighted by Crippen LogP contribution is -2.37. The highest BCUT2D eigenvalue weighted by molar-refractivity contribution is 5.92. The molecule has 0 atom stereocenters. The van der Waals surface area contributed by atoms with Crippen LogP contribution in [0.4, 0.5) is 0 Å². The Balaban J connectivity index is 1.05. The van der Waals surface area contributed by atoms with E-state index in [4.69, 9.17) is 4.74 Å². The summed E-state index contributed by atoms with van der Waals surface area (Å²) in [7, 11) is 0. The Kier molecular flexibility index (Phi) is 6.58. The molecule has 9 heteroatoms. The van der Waals surface area contributed by atoms with E-state index >= 15 is 0 Å². The van der Waals surface area contributed by atoms with Gasteiger partial charge in [-0.15, -0.1) is 0 Å². The number of nitrogens with one attached hydrogen (secondary N) is 1. The van der Waals surface area contributed by atoms with Crippen LogP contribution in [0.5, 0.6) is 5.75 Å². The molecule has 9 nitrogen and oxygen atoms in total.